The highest BCUT2D eigenvalue weighted by molar-refractivity contribution is 9.10. The number of hydrogen-bond donors (Lipinski definition) is 2. The minimum absolute atomic E-state index is 0.0147. The van der Waals surface area contributed by atoms with Crippen molar-refractivity contribution in [1.29, 1.82) is 0 Å². The Morgan fingerprint density at radius 2 is 1.80 bits per heavy atom. The van der Waals surface area contributed by atoms with E-state index < -0.39 is 33.8 Å². The molecule has 5 rings (SSSR count). The lowest BCUT2D eigenvalue weighted by Crippen LogP contribution is -2.33. The first-order chi connectivity index (χ1) is 18.9. The molecule has 1 aliphatic carbocycles. The van der Waals surface area contributed by atoms with Gasteiger partial charge >= 0.3 is 5.97 Å². The Morgan fingerprint density at radius 3 is 2.38 bits per heavy atom. The first-order valence-electron chi connectivity index (χ1n) is 12.5. The summed E-state index contributed by atoms with van der Waals surface area (Å²) >= 11 is 3.24. The molecule has 1 aromatic heterocycles. The molecule has 1 aliphatic rings. The molecule has 11 heteroatoms. The summed E-state index contributed by atoms with van der Waals surface area (Å²) in [4.78, 5) is 24.8. The van der Waals surface area contributed by atoms with Crippen LogP contribution in [0.25, 0.3) is 22.3 Å². The molecule has 208 valence electrons. The van der Waals surface area contributed by atoms with E-state index in [0.29, 0.717) is 32.3 Å². The van der Waals surface area contributed by atoms with E-state index >= 15 is 0 Å². The molecule has 2 N–H and O–H groups in total. The zero-order valence-electron chi connectivity index (χ0n) is 21.9. The lowest BCUT2D eigenvalue weighted by atomic mass is 9.99. The summed E-state index contributed by atoms with van der Waals surface area (Å²) in [7, 11) is -2.37. The molecule has 1 atom stereocenters. The molecule has 8 nitrogen and oxygen atoms in total. The van der Waals surface area contributed by atoms with Gasteiger partial charge in [-0.2, -0.15) is 0 Å². The van der Waals surface area contributed by atoms with Gasteiger partial charge in [0.25, 0.3) is 5.91 Å². The van der Waals surface area contributed by atoms with E-state index in [4.69, 9.17) is 4.42 Å². The minimum atomic E-state index is -3.88. The van der Waals surface area contributed by atoms with Gasteiger partial charge in [-0.15, -0.1) is 0 Å². The van der Waals surface area contributed by atoms with Crippen molar-refractivity contribution in [2.45, 2.75) is 31.7 Å². The van der Waals surface area contributed by atoms with Gasteiger partial charge < -0.3 is 14.8 Å². The van der Waals surface area contributed by atoms with Crippen LogP contribution in [0.15, 0.2) is 63.5 Å². The number of sulfonamides is 1. The van der Waals surface area contributed by atoms with Crippen LogP contribution in [0.1, 0.15) is 63.6 Å². The lowest BCUT2D eigenvalue weighted by Gasteiger charge is -2.31. The smallest absolute Gasteiger partial charge is 0.336 e. The van der Waals surface area contributed by atoms with E-state index in [1.807, 2.05) is 0 Å². The van der Waals surface area contributed by atoms with E-state index in [0.717, 1.165) is 24.7 Å². The van der Waals surface area contributed by atoms with Crippen LogP contribution in [-0.2, 0) is 10.0 Å². The Bertz CT molecular complexity index is 1760. The second kappa shape index (κ2) is 10.4. The summed E-state index contributed by atoms with van der Waals surface area (Å²) in [6.45, 7) is 1.69. The number of benzene rings is 3. The SMILES string of the molecule is CNC(=O)c1c(-c2ccc(F)cc2)oc2cc(N(C(C)c3ccc(Br)c(C(=O)O)c3)S(C)(=O)=O)c(C3CC3)cc12. The number of hydrogen-bond acceptors (Lipinski definition) is 5. The van der Waals surface area contributed by atoms with Crippen LogP contribution in [0.2, 0.25) is 0 Å². The van der Waals surface area contributed by atoms with Crippen molar-refractivity contribution in [3.8, 4) is 11.3 Å². The summed E-state index contributed by atoms with van der Waals surface area (Å²) in [5.41, 5.74) is 2.71. The predicted octanol–water partition coefficient (Wildman–Crippen LogP) is 6.46. The number of aromatic carboxylic acids is 1. The van der Waals surface area contributed by atoms with Crippen molar-refractivity contribution < 1.29 is 31.9 Å². The third kappa shape index (κ3) is 5.11. The topological polar surface area (TPSA) is 117 Å². The average molecular weight is 630 g/mol. The Kier molecular flexibility index (Phi) is 7.22. The fourth-order valence-electron chi connectivity index (χ4n) is 4.99. The van der Waals surface area contributed by atoms with Gasteiger partial charge in [-0.1, -0.05) is 6.07 Å². The average Bonchev–Trinajstić information content (AvgIpc) is 3.68. The van der Waals surface area contributed by atoms with Crippen LogP contribution in [0.4, 0.5) is 10.1 Å². The highest BCUT2D eigenvalue weighted by Crippen LogP contribution is 2.49. The van der Waals surface area contributed by atoms with Crippen LogP contribution >= 0.6 is 15.9 Å². The Balaban J connectivity index is 1.75. The van der Waals surface area contributed by atoms with Crippen molar-refractivity contribution in [2.75, 3.05) is 17.6 Å². The maximum Gasteiger partial charge on any atom is 0.336 e. The van der Waals surface area contributed by atoms with Crippen LogP contribution in [0, 0.1) is 5.82 Å². The predicted molar refractivity (Wildman–Crippen MR) is 154 cm³/mol. The number of nitrogens with zero attached hydrogens (tertiary/aromatic N) is 1. The Hall–Kier alpha value is -3.70. The number of furan rings is 1. The maximum atomic E-state index is 13.6. The standard InChI is InChI=1S/C29H26BrFN2O6S/c1-15(18-8-11-23(30)21(12-18)29(35)36)33(40(3,37)38)24-14-25-22(13-20(24)16-4-5-16)26(28(34)32-2)27(39-25)17-6-9-19(31)10-7-17/h6-16H,4-5H2,1-3H3,(H,32,34)(H,35,36). The number of carbonyl (C=O) groups excluding carboxylic acids is 1. The summed E-state index contributed by atoms with van der Waals surface area (Å²) in [5, 5.41) is 12.8. The number of amides is 1. The summed E-state index contributed by atoms with van der Waals surface area (Å²) in [6.07, 6.45) is 2.80. The molecule has 0 spiro atoms. The third-order valence-electron chi connectivity index (χ3n) is 7.06. The number of carboxylic acids is 1. The van der Waals surface area contributed by atoms with Gasteiger partial charge in [-0.3, -0.25) is 9.10 Å². The van der Waals surface area contributed by atoms with Gasteiger partial charge in [0.1, 0.15) is 17.2 Å². The highest BCUT2D eigenvalue weighted by atomic mass is 79.9. The Morgan fingerprint density at radius 1 is 1.12 bits per heavy atom. The van der Waals surface area contributed by atoms with Gasteiger partial charge in [0.05, 0.1) is 29.1 Å². The number of nitrogens with one attached hydrogen (secondary N) is 1. The van der Waals surface area contributed by atoms with E-state index in [2.05, 4.69) is 21.2 Å². The monoisotopic (exact) mass is 628 g/mol. The van der Waals surface area contributed by atoms with Crippen molar-refractivity contribution >= 4 is 54.5 Å². The van der Waals surface area contributed by atoms with Crippen LogP contribution < -0.4 is 9.62 Å². The first-order valence-corrected chi connectivity index (χ1v) is 15.2. The number of anilines is 1. The van der Waals surface area contributed by atoms with Gasteiger partial charge in [0.2, 0.25) is 10.0 Å². The molecule has 1 heterocycles. The molecule has 40 heavy (non-hydrogen) atoms. The second-order valence-electron chi connectivity index (χ2n) is 9.85. The normalized spacial score (nSPS) is 14.2. The highest BCUT2D eigenvalue weighted by Gasteiger charge is 2.35. The quantitative estimate of drug-likeness (QED) is 0.231. The molecule has 4 aromatic rings. The van der Waals surface area contributed by atoms with Crippen molar-refractivity contribution in [3.63, 3.8) is 0 Å². The number of fused-ring (bicyclic) bond motifs is 1. The number of carbonyl (C=O) groups is 2. The zero-order valence-corrected chi connectivity index (χ0v) is 24.3. The van der Waals surface area contributed by atoms with E-state index in [9.17, 15) is 27.5 Å². The minimum Gasteiger partial charge on any atom is -0.478 e. The number of halogens is 2. The molecular formula is C29H26BrFN2O6S. The summed E-state index contributed by atoms with van der Waals surface area (Å²) in [6, 6.07) is 12.9. The zero-order chi connectivity index (χ0) is 28.9. The number of rotatable bonds is 8. The molecule has 1 saturated carbocycles. The molecule has 0 saturated heterocycles. The molecule has 0 bridgehead atoms. The van der Waals surface area contributed by atoms with Crippen LogP contribution in [-0.4, -0.2) is 38.7 Å². The molecule has 1 fully saturated rings. The fraction of sp³-hybridized carbons (Fsp3) is 0.241. The fourth-order valence-corrected chi connectivity index (χ4v) is 6.62. The molecule has 1 amide bonds. The number of carboxylic acid groups (broad SMARTS) is 1. The van der Waals surface area contributed by atoms with Crippen LogP contribution in [0.5, 0.6) is 0 Å². The largest absolute Gasteiger partial charge is 0.478 e. The second-order valence-corrected chi connectivity index (χ2v) is 12.6. The van der Waals surface area contributed by atoms with E-state index in [1.54, 1.807) is 31.2 Å². The van der Waals surface area contributed by atoms with Crippen molar-refractivity contribution in [3.05, 3.63) is 87.1 Å². The Labute approximate surface area is 239 Å². The molecule has 0 aliphatic heterocycles. The third-order valence-corrected chi connectivity index (χ3v) is 8.98. The van der Waals surface area contributed by atoms with Gasteiger partial charge in [-0.05, 0) is 95.2 Å². The van der Waals surface area contributed by atoms with Crippen molar-refractivity contribution in [1.82, 2.24) is 5.32 Å². The molecule has 3 aromatic carbocycles. The summed E-state index contributed by atoms with van der Waals surface area (Å²) in [5.74, 6) is -1.64. The van der Waals surface area contributed by atoms with Gasteiger partial charge in [0, 0.05) is 28.5 Å². The maximum absolute atomic E-state index is 13.6. The van der Waals surface area contributed by atoms with Crippen LogP contribution in [0.3, 0.4) is 0 Å². The van der Waals surface area contributed by atoms with E-state index in [1.165, 1.54) is 41.7 Å². The van der Waals surface area contributed by atoms with Crippen molar-refractivity contribution in [2.24, 2.45) is 0 Å². The summed E-state index contributed by atoms with van der Waals surface area (Å²) < 4.78 is 48.1. The first kappa shape index (κ1) is 27.9. The lowest BCUT2D eigenvalue weighted by molar-refractivity contribution is 0.0695. The van der Waals surface area contributed by atoms with Gasteiger partial charge in [-0.25, -0.2) is 17.6 Å². The molecular weight excluding hydrogens is 603 g/mol. The van der Waals surface area contributed by atoms with Gasteiger partial charge in [0.15, 0.2) is 0 Å². The molecule has 0 radical (unpaired) electrons. The van der Waals surface area contributed by atoms with E-state index in [-0.39, 0.29) is 22.8 Å². The molecule has 1 unspecified atom stereocenters.